The number of hydrogen-bond donors (Lipinski definition) is 1. The summed E-state index contributed by atoms with van der Waals surface area (Å²) in [5.74, 6) is -0.886. The van der Waals surface area contributed by atoms with E-state index in [-0.39, 0.29) is 6.54 Å². The van der Waals surface area contributed by atoms with Gasteiger partial charge in [-0.05, 0) is 18.6 Å². The zero-order valence-corrected chi connectivity index (χ0v) is 17.0. The van der Waals surface area contributed by atoms with Crippen molar-refractivity contribution in [3.63, 3.8) is 0 Å². The lowest BCUT2D eigenvalue weighted by molar-refractivity contribution is -0.137. The second kappa shape index (κ2) is 7.90. The molecular weight excluding hydrogens is 485 g/mol. The minimum Gasteiger partial charge on any atom is -0.368 e. The van der Waals surface area contributed by atoms with Gasteiger partial charge >= 0.3 is 11.7 Å². The van der Waals surface area contributed by atoms with Crippen LogP contribution in [0.1, 0.15) is 24.5 Å². The average Bonchev–Trinajstić information content (AvgIpc) is 2.97. The zero-order chi connectivity index (χ0) is 23.1. The molecule has 1 heterocycles. The van der Waals surface area contributed by atoms with Crippen molar-refractivity contribution in [1.29, 1.82) is 5.26 Å². The largest absolute Gasteiger partial charge is 0.501 e. The van der Waals surface area contributed by atoms with Crippen LogP contribution in [0.25, 0.3) is 0 Å². The van der Waals surface area contributed by atoms with E-state index in [9.17, 15) is 40.0 Å². The third kappa shape index (κ3) is 3.95. The minimum atomic E-state index is -6.23. The van der Waals surface area contributed by atoms with Gasteiger partial charge in [-0.25, -0.2) is 8.42 Å². The van der Waals surface area contributed by atoms with E-state index in [0.29, 0.717) is 18.6 Å². The summed E-state index contributed by atoms with van der Waals surface area (Å²) in [7, 11) is -6.23. The molecule has 2 rings (SSSR count). The van der Waals surface area contributed by atoms with Crippen LogP contribution in [-0.2, 0) is 21.6 Å². The molecule has 0 aromatic heterocycles. The smallest absolute Gasteiger partial charge is 0.368 e. The Hall–Kier alpha value is -2.04. The fourth-order valence-electron chi connectivity index (χ4n) is 2.56. The van der Waals surface area contributed by atoms with Crippen LogP contribution < -0.4 is 5.32 Å². The van der Waals surface area contributed by atoms with Gasteiger partial charge in [0.2, 0.25) is 5.54 Å². The van der Waals surface area contributed by atoms with Gasteiger partial charge in [-0.2, -0.15) is 36.7 Å². The number of nitriles is 1. The quantitative estimate of drug-likeness (QED) is 0.561. The normalized spacial score (nSPS) is 19.9. The van der Waals surface area contributed by atoms with E-state index in [2.05, 4.69) is 15.5 Å². The van der Waals surface area contributed by atoms with Gasteiger partial charge in [-0.15, -0.1) is 5.11 Å². The lowest BCUT2D eigenvalue weighted by Crippen LogP contribution is -2.37. The summed E-state index contributed by atoms with van der Waals surface area (Å²) < 4.78 is 103. The van der Waals surface area contributed by atoms with E-state index >= 15 is 0 Å². The molecule has 1 aliphatic rings. The van der Waals surface area contributed by atoms with Gasteiger partial charge in [0.25, 0.3) is 9.84 Å². The van der Waals surface area contributed by atoms with E-state index in [0.717, 1.165) is 0 Å². The lowest BCUT2D eigenvalue weighted by atomic mass is 9.91. The first kappa shape index (κ1) is 24.2. The number of nitrogens with one attached hydrogen (secondary N) is 1. The van der Waals surface area contributed by atoms with E-state index < -0.39 is 59.0 Å². The number of alkyl halides is 6. The maximum Gasteiger partial charge on any atom is 0.501 e. The summed E-state index contributed by atoms with van der Waals surface area (Å²) >= 11 is 11.6. The highest BCUT2D eigenvalue weighted by Crippen LogP contribution is 2.51. The molecule has 164 valence electrons. The van der Waals surface area contributed by atoms with Crippen LogP contribution in [0, 0.1) is 11.3 Å². The molecule has 0 radical (unpaired) electrons. The molecule has 1 aromatic carbocycles. The standard InChI is InChI=1S/C15H10Cl2F6N4O2S/c1-2-3-25-12-11(30(28,29)15(21,22)23)13(6-24,27-26-12)10-8(16)4-7(5-9(10)17)14(18,19)20/h4-5,25H,2-3H2,1H3. The molecule has 1 unspecified atom stereocenters. The molecule has 0 amide bonds. The van der Waals surface area contributed by atoms with Crippen LogP contribution in [0.15, 0.2) is 33.1 Å². The Morgan fingerprint density at radius 3 is 2.10 bits per heavy atom. The Balaban J connectivity index is 2.90. The summed E-state index contributed by atoms with van der Waals surface area (Å²) in [5, 5.41) is 16.8. The van der Waals surface area contributed by atoms with Crippen molar-refractivity contribution in [1.82, 2.24) is 5.32 Å². The summed E-state index contributed by atoms with van der Waals surface area (Å²) in [6.07, 6.45) is -4.59. The highest BCUT2D eigenvalue weighted by Gasteiger charge is 2.61. The van der Waals surface area contributed by atoms with Crippen molar-refractivity contribution in [3.8, 4) is 6.07 Å². The first-order valence-corrected chi connectivity index (χ1v) is 10.1. The van der Waals surface area contributed by atoms with Gasteiger partial charge in [0.15, 0.2) is 5.82 Å². The molecule has 1 aliphatic heterocycles. The summed E-state index contributed by atoms with van der Waals surface area (Å²) in [6, 6.07) is 1.88. The van der Waals surface area contributed by atoms with Gasteiger partial charge in [0.1, 0.15) is 11.0 Å². The first-order chi connectivity index (χ1) is 13.6. The molecule has 0 bridgehead atoms. The van der Waals surface area contributed by atoms with Crippen molar-refractivity contribution < 1.29 is 34.8 Å². The summed E-state index contributed by atoms with van der Waals surface area (Å²) in [5.41, 5.74) is -11.2. The van der Waals surface area contributed by atoms with Gasteiger partial charge in [0.05, 0.1) is 5.56 Å². The Morgan fingerprint density at radius 2 is 1.70 bits per heavy atom. The highest BCUT2D eigenvalue weighted by molar-refractivity contribution is 7.96. The fourth-order valence-corrected chi connectivity index (χ4v) is 4.50. The fraction of sp³-hybridized carbons (Fsp3) is 0.400. The molecule has 1 aromatic rings. The Bertz CT molecular complexity index is 1050. The maximum atomic E-state index is 13.3. The molecule has 0 saturated carbocycles. The second-order valence-corrected chi connectivity index (χ2v) is 8.58. The number of halogens is 8. The second-order valence-electron chi connectivity index (χ2n) is 5.89. The topological polar surface area (TPSA) is 94.7 Å². The van der Waals surface area contributed by atoms with Crippen molar-refractivity contribution in [2.24, 2.45) is 10.2 Å². The van der Waals surface area contributed by atoms with Crippen LogP contribution in [0.3, 0.4) is 0 Å². The van der Waals surface area contributed by atoms with Crippen LogP contribution >= 0.6 is 23.2 Å². The average molecular weight is 495 g/mol. The number of rotatable bonds is 5. The lowest BCUT2D eigenvalue weighted by Gasteiger charge is -2.25. The van der Waals surface area contributed by atoms with E-state index in [1.165, 1.54) is 6.07 Å². The monoisotopic (exact) mass is 494 g/mol. The predicted molar refractivity (Wildman–Crippen MR) is 93.9 cm³/mol. The van der Waals surface area contributed by atoms with E-state index in [1.807, 2.05) is 0 Å². The van der Waals surface area contributed by atoms with Crippen LogP contribution in [0.5, 0.6) is 0 Å². The third-order valence-corrected chi connectivity index (χ3v) is 6.08. The van der Waals surface area contributed by atoms with E-state index in [4.69, 9.17) is 23.2 Å². The van der Waals surface area contributed by atoms with Gasteiger partial charge < -0.3 is 5.32 Å². The summed E-state index contributed by atoms with van der Waals surface area (Å²) in [4.78, 5) is -1.62. The molecule has 6 nitrogen and oxygen atoms in total. The molecule has 1 atom stereocenters. The van der Waals surface area contributed by atoms with Crippen LogP contribution in [0.2, 0.25) is 10.0 Å². The molecular formula is C15H10Cl2F6N4O2S. The number of benzene rings is 1. The molecule has 0 spiro atoms. The van der Waals surface area contributed by atoms with Crippen molar-refractivity contribution in [2.75, 3.05) is 6.54 Å². The summed E-state index contributed by atoms with van der Waals surface area (Å²) in [6.45, 7) is 1.57. The molecule has 15 heteroatoms. The molecule has 0 fully saturated rings. The minimum absolute atomic E-state index is 0.0405. The number of nitrogens with zero attached hydrogens (tertiary/aromatic N) is 3. The highest BCUT2D eigenvalue weighted by atomic mass is 35.5. The van der Waals surface area contributed by atoms with Crippen molar-refractivity contribution in [3.05, 3.63) is 44.0 Å². The Labute approximate surface area is 176 Å². The third-order valence-electron chi connectivity index (χ3n) is 3.85. The van der Waals surface area contributed by atoms with Crippen LogP contribution in [-0.4, -0.2) is 20.5 Å². The zero-order valence-electron chi connectivity index (χ0n) is 14.7. The van der Waals surface area contributed by atoms with Crippen molar-refractivity contribution in [2.45, 2.75) is 30.6 Å². The number of hydrogen-bond acceptors (Lipinski definition) is 6. The van der Waals surface area contributed by atoms with E-state index in [1.54, 1.807) is 6.92 Å². The van der Waals surface area contributed by atoms with Gasteiger partial charge in [-0.1, -0.05) is 30.1 Å². The van der Waals surface area contributed by atoms with Crippen molar-refractivity contribution >= 4 is 33.0 Å². The predicted octanol–water partition coefficient (Wildman–Crippen LogP) is 5.30. The number of azo groups is 1. The Morgan fingerprint density at radius 1 is 1.17 bits per heavy atom. The Kier molecular flexibility index (Phi) is 6.38. The first-order valence-electron chi connectivity index (χ1n) is 7.84. The molecule has 30 heavy (non-hydrogen) atoms. The maximum absolute atomic E-state index is 13.3. The molecule has 0 saturated heterocycles. The van der Waals surface area contributed by atoms with Gasteiger partial charge in [-0.3, -0.25) is 0 Å². The van der Waals surface area contributed by atoms with Gasteiger partial charge in [0, 0.05) is 22.2 Å². The SMILES string of the molecule is CCCNC1=C(S(=O)(=O)C(F)(F)F)C(C#N)(c2c(Cl)cc(C(F)(F)F)cc2Cl)N=N1. The molecule has 1 N–H and O–H groups in total. The molecule has 0 aliphatic carbocycles. The van der Waals surface area contributed by atoms with Crippen LogP contribution in [0.4, 0.5) is 26.3 Å². The number of sulfone groups is 1.